The Kier molecular flexibility index (Phi) is 5.52. The Labute approximate surface area is 207 Å². The van der Waals surface area contributed by atoms with Gasteiger partial charge >= 0.3 is 5.69 Å². The van der Waals surface area contributed by atoms with Crippen LogP contribution in [-0.2, 0) is 13.1 Å². The molecule has 6 rings (SSSR count). The topological polar surface area (TPSA) is 92.1 Å². The molecular weight excluding hydrogens is 487 g/mol. The fourth-order valence-electron chi connectivity index (χ4n) is 5.39. The molecular formula is C26H22F3N5O3. The van der Waals surface area contributed by atoms with Gasteiger partial charge in [-0.2, -0.15) is 0 Å². The van der Waals surface area contributed by atoms with Crippen molar-refractivity contribution >= 4 is 16.6 Å². The van der Waals surface area contributed by atoms with Crippen LogP contribution in [0.2, 0.25) is 0 Å². The third-order valence-corrected chi connectivity index (χ3v) is 7.21. The highest BCUT2D eigenvalue weighted by atomic mass is 19.2. The second-order valence-corrected chi connectivity index (χ2v) is 9.51. The number of aromatic nitrogens is 3. The van der Waals surface area contributed by atoms with Crippen LogP contribution in [0.25, 0.3) is 10.9 Å². The van der Waals surface area contributed by atoms with E-state index in [1.165, 1.54) is 16.8 Å². The van der Waals surface area contributed by atoms with Gasteiger partial charge in [0.05, 0.1) is 24.0 Å². The Morgan fingerprint density at radius 1 is 0.946 bits per heavy atom. The van der Waals surface area contributed by atoms with Crippen molar-refractivity contribution < 1.29 is 13.2 Å². The van der Waals surface area contributed by atoms with E-state index in [1.54, 1.807) is 18.2 Å². The highest BCUT2D eigenvalue weighted by molar-refractivity contribution is 5.82. The molecule has 2 aromatic carbocycles. The number of benzene rings is 2. The molecule has 2 aliphatic heterocycles. The molecule has 2 N–H and O–H groups in total. The highest BCUT2D eigenvalue weighted by Crippen LogP contribution is 2.31. The Balaban J connectivity index is 1.54. The molecule has 4 aromatic rings. The van der Waals surface area contributed by atoms with Gasteiger partial charge in [0.2, 0.25) is 0 Å². The molecule has 8 nitrogen and oxygen atoms in total. The maximum atomic E-state index is 14.0. The number of rotatable bonds is 5. The lowest BCUT2D eigenvalue weighted by Crippen LogP contribution is -2.44. The number of hydrogen-bond acceptors (Lipinski definition) is 5. The van der Waals surface area contributed by atoms with Gasteiger partial charge in [0.15, 0.2) is 17.5 Å². The van der Waals surface area contributed by atoms with Crippen LogP contribution in [0.1, 0.15) is 17.5 Å². The zero-order valence-corrected chi connectivity index (χ0v) is 19.5. The molecule has 0 saturated carbocycles. The molecule has 11 heteroatoms. The Hall–Kier alpha value is -4.12. The van der Waals surface area contributed by atoms with Crippen molar-refractivity contribution in [2.24, 2.45) is 0 Å². The van der Waals surface area contributed by atoms with E-state index in [0.717, 1.165) is 41.9 Å². The lowest BCUT2D eigenvalue weighted by molar-refractivity contribution is 0.444. The molecule has 4 heterocycles. The summed E-state index contributed by atoms with van der Waals surface area (Å²) in [6.07, 6.45) is 2.43. The fraction of sp³-hybridized carbons (Fsp3) is 0.269. The molecule has 190 valence electrons. The molecule has 37 heavy (non-hydrogen) atoms. The van der Waals surface area contributed by atoms with E-state index in [4.69, 9.17) is 0 Å². The number of hydrogen-bond donors (Lipinski definition) is 2. The van der Waals surface area contributed by atoms with Gasteiger partial charge < -0.3 is 15.2 Å². The number of halogens is 3. The second kappa shape index (κ2) is 8.77. The van der Waals surface area contributed by atoms with Crippen LogP contribution in [-0.4, -0.2) is 39.3 Å². The Morgan fingerprint density at radius 2 is 1.73 bits per heavy atom. The summed E-state index contributed by atoms with van der Waals surface area (Å²) in [5, 5.41) is 3.64. The molecule has 2 bridgehead atoms. The van der Waals surface area contributed by atoms with Crippen LogP contribution in [0.3, 0.4) is 0 Å². The highest BCUT2D eigenvalue weighted by Gasteiger charge is 2.37. The van der Waals surface area contributed by atoms with Crippen LogP contribution in [0.4, 0.5) is 18.9 Å². The molecule has 2 aromatic heterocycles. The van der Waals surface area contributed by atoms with Crippen molar-refractivity contribution in [3.05, 3.63) is 108 Å². The molecule has 2 aliphatic rings. The maximum absolute atomic E-state index is 14.0. The molecule has 0 spiro atoms. The van der Waals surface area contributed by atoms with Crippen LogP contribution in [0, 0.1) is 17.5 Å². The van der Waals surface area contributed by atoms with E-state index in [-0.39, 0.29) is 41.2 Å². The van der Waals surface area contributed by atoms with E-state index < -0.39 is 34.3 Å². The number of anilines is 1. The van der Waals surface area contributed by atoms with E-state index in [0.29, 0.717) is 6.04 Å². The number of H-pyrrole nitrogens is 1. The largest absolute Gasteiger partial charge is 0.366 e. The SMILES string of the molecule is O=c1[nH]cccc1Cn1c(=O)c2ccc(N3C[C@H]4C[C@@H]3CN4)cc2n(Cc2cc(F)c(F)c(F)c2)c1=O. The van der Waals surface area contributed by atoms with Crippen LogP contribution in [0.15, 0.2) is 63.0 Å². The summed E-state index contributed by atoms with van der Waals surface area (Å²) in [7, 11) is 0. The molecule has 0 radical (unpaired) electrons. The first-order valence-electron chi connectivity index (χ1n) is 11.9. The maximum Gasteiger partial charge on any atom is 0.332 e. The van der Waals surface area contributed by atoms with E-state index in [2.05, 4.69) is 15.2 Å². The summed E-state index contributed by atoms with van der Waals surface area (Å²) in [6, 6.07) is 10.6. The number of nitrogens with one attached hydrogen (secondary N) is 2. The van der Waals surface area contributed by atoms with Gasteiger partial charge in [0.1, 0.15) is 0 Å². The van der Waals surface area contributed by atoms with Gasteiger partial charge in [-0.05, 0) is 48.4 Å². The minimum Gasteiger partial charge on any atom is -0.366 e. The minimum absolute atomic E-state index is 0.0115. The number of aromatic amines is 1. The average Bonchev–Trinajstić information content (AvgIpc) is 3.52. The Morgan fingerprint density at radius 3 is 2.41 bits per heavy atom. The van der Waals surface area contributed by atoms with Crippen molar-refractivity contribution in [1.82, 2.24) is 19.4 Å². The number of fused-ring (bicyclic) bond motifs is 3. The second-order valence-electron chi connectivity index (χ2n) is 9.51. The van der Waals surface area contributed by atoms with Crippen molar-refractivity contribution in [3.63, 3.8) is 0 Å². The predicted molar refractivity (Wildman–Crippen MR) is 132 cm³/mol. The zero-order chi connectivity index (χ0) is 25.8. The normalized spacial score (nSPS) is 18.7. The number of nitrogens with zero attached hydrogens (tertiary/aromatic N) is 3. The van der Waals surface area contributed by atoms with Gasteiger partial charge in [-0.3, -0.25) is 18.7 Å². The van der Waals surface area contributed by atoms with Gasteiger partial charge in [0.25, 0.3) is 11.1 Å². The summed E-state index contributed by atoms with van der Waals surface area (Å²) in [5.41, 5.74) is -0.480. The van der Waals surface area contributed by atoms with Crippen molar-refractivity contribution in [3.8, 4) is 0 Å². The third-order valence-electron chi connectivity index (χ3n) is 7.21. The molecule has 2 atom stereocenters. The third kappa shape index (κ3) is 3.95. The molecule has 2 fully saturated rings. The van der Waals surface area contributed by atoms with E-state index in [9.17, 15) is 27.6 Å². The van der Waals surface area contributed by atoms with Gasteiger partial charge in [-0.15, -0.1) is 0 Å². The summed E-state index contributed by atoms with van der Waals surface area (Å²) < 4.78 is 43.7. The smallest absolute Gasteiger partial charge is 0.332 e. The van der Waals surface area contributed by atoms with Crippen LogP contribution in [0.5, 0.6) is 0 Å². The first-order chi connectivity index (χ1) is 17.8. The van der Waals surface area contributed by atoms with Gasteiger partial charge in [0, 0.05) is 42.6 Å². The fourth-order valence-corrected chi connectivity index (χ4v) is 5.39. The van der Waals surface area contributed by atoms with Crippen molar-refractivity contribution in [1.29, 1.82) is 0 Å². The molecule has 0 aliphatic carbocycles. The van der Waals surface area contributed by atoms with E-state index >= 15 is 0 Å². The number of pyridine rings is 1. The van der Waals surface area contributed by atoms with Crippen LogP contribution >= 0.6 is 0 Å². The summed E-state index contributed by atoms with van der Waals surface area (Å²) in [5.74, 6) is -4.36. The molecule has 0 amide bonds. The zero-order valence-electron chi connectivity index (χ0n) is 19.5. The lowest BCUT2D eigenvalue weighted by Gasteiger charge is -2.30. The first kappa shape index (κ1) is 23.3. The van der Waals surface area contributed by atoms with Gasteiger partial charge in [-0.1, -0.05) is 6.07 Å². The minimum atomic E-state index is -1.60. The summed E-state index contributed by atoms with van der Waals surface area (Å²) >= 11 is 0. The van der Waals surface area contributed by atoms with Crippen molar-refractivity contribution in [2.75, 3.05) is 18.0 Å². The first-order valence-corrected chi connectivity index (χ1v) is 11.9. The number of piperazine rings is 1. The molecule has 0 unspecified atom stereocenters. The average molecular weight is 509 g/mol. The molecule has 2 saturated heterocycles. The quantitative estimate of drug-likeness (QED) is 0.401. The lowest BCUT2D eigenvalue weighted by atomic mass is 10.1. The summed E-state index contributed by atoms with van der Waals surface area (Å²) in [4.78, 5) is 44.0. The summed E-state index contributed by atoms with van der Waals surface area (Å²) in [6.45, 7) is 1.00. The van der Waals surface area contributed by atoms with Gasteiger partial charge in [-0.25, -0.2) is 18.0 Å². The van der Waals surface area contributed by atoms with Crippen LogP contribution < -0.4 is 27.0 Å². The standard InChI is InChI=1S/C26H22F3N5O3/c27-20-6-14(7-21(28)23(20)29)11-33-22-9-17(32-13-16-8-18(32)10-31-16)3-4-19(22)25(36)34(26(33)37)12-15-2-1-5-30-24(15)35/h1-7,9,16,18,31H,8,10-13H2,(H,30,35)/t16-,18-/m1/s1. The van der Waals surface area contributed by atoms with E-state index in [1.807, 2.05) is 6.07 Å². The van der Waals surface area contributed by atoms with Crippen molar-refractivity contribution in [2.45, 2.75) is 31.6 Å². The Bertz CT molecular complexity index is 1700. The monoisotopic (exact) mass is 509 g/mol. The predicted octanol–water partition coefficient (Wildman–Crippen LogP) is 1.92.